The van der Waals surface area contributed by atoms with Gasteiger partial charge in [-0.2, -0.15) is 0 Å². The summed E-state index contributed by atoms with van der Waals surface area (Å²) in [7, 11) is 0. The van der Waals surface area contributed by atoms with E-state index in [2.05, 4.69) is 10.6 Å². The van der Waals surface area contributed by atoms with Crippen molar-refractivity contribution < 1.29 is 13.6 Å². The van der Waals surface area contributed by atoms with Crippen molar-refractivity contribution >= 4 is 5.91 Å². The highest BCUT2D eigenvalue weighted by atomic mass is 19.1. The number of nitrogens with one attached hydrogen (secondary N) is 2. The summed E-state index contributed by atoms with van der Waals surface area (Å²) in [5.74, 6) is -0.688. The molecule has 3 unspecified atom stereocenters. The second kappa shape index (κ2) is 6.10. The van der Waals surface area contributed by atoms with Crippen LogP contribution in [0.5, 0.6) is 0 Å². The van der Waals surface area contributed by atoms with Gasteiger partial charge in [0.1, 0.15) is 11.6 Å². The minimum atomic E-state index is -0.520. The molecule has 1 saturated heterocycles. The third kappa shape index (κ3) is 3.40. The van der Waals surface area contributed by atoms with Crippen LogP contribution < -0.4 is 10.6 Å². The van der Waals surface area contributed by atoms with Crippen molar-refractivity contribution in [3.63, 3.8) is 0 Å². The van der Waals surface area contributed by atoms with Gasteiger partial charge in [0.05, 0.1) is 0 Å². The number of carbonyl (C=O) groups excluding carboxylic acids is 1. The first-order valence-electron chi connectivity index (χ1n) is 7.59. The third-order valence-corrected chi connectivity index (χ3v) is 4.45. The Morgan fingerprint density at radius 2 is 2.10 bits per heavy atom. The summed E-state index contributed by atoms with van der Waals surface area (Å²) < 4.78 is 27.3. The zero-order valence-electron chi connectivity index (χ0n) is 11.9. The van der Waals surface area contributed by atoms with Crippen molar-refractivity contribution in [1.82, 2.24) is 10.6 Å². The molecule has 1 aromatic rings. The Hall–Kier alpha value is -1.49. The van der Waals surface area contributed by atoms with E-state index in [-0.39, 0.29) is 23.4 Å². The van der Waals surface area contributed by atoms with Gasteiger partial charge in [-0.3, -0.25) is 4.79 Å². The topological polar surface area (TPSA) is 41.1 Å². The molecule has 1 aliphatic heterocycles. The molecule has 0 aromatic heterocycles. The first-order chi connectivity index (χ1) is 10.1. The molecule has 114 valence electrons. The fourth-order valence-corrected chi connectivity index (χ4v) is 3.11. The van der Waals surface area contributed by atoms with Crippen molar-refractivity contribution in [3.8, 4) is 0 Å². The van der Waals surface area contributed by atoms with Crippen LogP contribution in [0.3, 0.4) is 0 Å². The Morgan fingerprint density at radius 3 is 2.76 bits per heavy atom. The summed E-state index contributed by atoms with van der Waals surface area (Å²) in [5.41, 5.74) is 0.114. The van der Waals surface area contributed by atoms with Gasteiger partial charge in [-0.15, -0.1) is 0 Å². The number of hydrogen-bond acceptors (Lipinski definition) is 2. The highest BCUT2D eigenvalue weighted by molar-refractivity contribution is 5.76. The Balaban J connectivity index is 1.48. The standard InChI is InChI=1S/C16H20F2N2O/c17-12-2-1-3-13(18)16(12)11-8-14(11)20-15(21)5-4-10-6-7-19-9-10/h1-3,10-11,14,19H,4-9H2,(H,20,21). The molecule has 3 rings (SSSR count). The van der Waals surface area contributed by atoms with Crippen LogP contribution in [0.15, 0.2) is 18.2 Å². The lowest BCUT2D eigenvalue weighted by atomic mass is 10.0. The van der Waals surface area contributed by atoms with E-state index in [1.807, 2.05) is 0 Å². The largest absolute Gasteiger partial charge is 0.353 e. The minimum Gasteiger partial charge on any atom is -0.353 e. The molecule has 21 heavy (non-hydrogen) atoms. The SMILES string of the molecule is O=C(CCC1CCNC1)NC1CC1c1c(F)cccc1F. The van der Waals surface area contributed by atoms with E-state index in [1.165, 1.54) is 18.2 Å². The van der Waals surface area contributed by atoms with Gasteiger partial charge >= 0.3 is 0 Å². The number of benzene rings is 1. The Labute approximate surface area is 123 Å². The van der Waals surface area contributed by atoms with E-state index in [1.54, 1.807) is 0 Å². The van der Waals surface area contributed by atoms with Crippen molar-refractivity contribution in [1.29, 1.82) is 0 Å². The van der Waals surface area contributed by atoms with Crippen molar-refractivity contribution in [2.75, 3.05) is 13.1 Å². The van der Waals surface area contributed by atoms with Crippen molar-refractivity contribution in [2.24, 2.45) is 5.92 Å². The van der Waals surface area contributed by atoms with E-state index in [0.29, 0.717) is 18.8 Å². The fraction of sp³-hybridized carbons (Fsp3) is 0.562. The van der Waals surface area contributed by atoms with Crippen LogP contribution in [0.25, 0.3) is 0 Å². The molecule has 0 radical (unpaired) electrons. The summed E-state index contributed by atoms with van der Waals surface area (Å²) in [5, 5.41) is 6.16. The molecule has 1 aromatic carbocycles. The molecule has 1 heterocycles. The lowest BCUT2D eigenvalue weighted by Gasteiger charge is -2.09. The molecule has 0 spiro atoms. The fourth-order valence-electron chi connectivity index (χ4n) is 3.11. The highest BCUT2D eigenvalue weighted by Gasteiger charge is 2.42. The van der Waals surface area contributed by atoms with Gasteiger partial charge in [0.2, 0.25) is 5.91 Å². The van der Waals surface area contributed by atoms with Crippen molar-refractivity contribution in [3.05, 3.63) is 35.4 Å². The van der Waals surface area contributed by atoms with Gasteiger partial charge in [0.25, 0.3) is 0 Å². The number of rotatable bonds is 5. The predicted molar refractivity (Wildman–Crippen MR) is 75.9 cm³/mol. The Bertz CT molecular complexity index is 509. The van der Waals surface area contributed by atoms with E-state index >= 15 is 0 Å². The normalized spacial score (nSPS) is 27.6. The summed E-state index contributed by atoms with van der Waals surface area (Å²) in [4.78, 5) is 11.9. The molecule has 0 bridgehead atoms. The van der Waals surface area contributed by atoms with Gasteiger partial charge < -0.3 is 10.6 Å². The number of hydrogen-bond donors (Lipinski definition) is 2. The molecule has 3 nitrogen and oxygen atoms in total. The molecular weight excluding hydrogens is 274 g/mol. The van der Waals surface area contributed by atoms with Gasteiger partial charge in [0, 0.05) is 23.9 Å². The monoisotopic (exact) mass is 294 g/mol. The summed E-state index contributed by atoms with van der Waals surface area (Å²) >= 11 is 0. The second-order valence-corrected chi connectivity index (χ2v) is 6.05. The van der Waals surface area contributed by atoms with Gasteiger partial charge in [0.15, 0.2) is 0 Å². The number of carbonyl (C=O) groups is 1. The average molecular weight is 294 g/mol. The molecule has 2 N–H and O–H groups in total. The van der Waals surface area contributed by atoms with Crippen LogP contribution in [0.1, 0.15) is 37.2 Å². The lowest BCUT2D eigenvalue weighted by molar-refractivity contribution is -0.121. The zero-order chi connectivity index (χ0) is 14.8. The van der Waals surface area contributed by atoms with Crippen LogP contribution in [0, 0.1) is 17.6 Å². The highest BCUT2D eigenvalue weighted by Crippen LogP contribution is 2.43. The molecule has 1 aliphatic carbocycles. The van der Waals surface area contributed by atoms with Gasteiger partial charge in [-0.1, -0.05) is 6.07 Å². The Morgan fingerprint density at radius 1 is 1.33 bits per heavy atom. The maximum absolute atomic E-state index is 13.6. The van der Waals surface area contributed by atoms with Crippen LogP contribution in [0.2, 0.25) is 0 Å². The van der Waals surface area contributed by atoms with E-state index < -0.39 is 11.6 Å². The van der Waals surface area contributed by atoms with Gasteiger partial charge in [-0.25, -0.2) is 8.78 Å². The second-order valence-electron chi connectivity index (χ2n) is 6.05. The van der Waals surface area contributed by atoms with Crippen LogP contribution >= 0.6 is 0 Å². The van der Waals surface area contributed by atoms with E-state index in [9.17, 15) is 13.6 Å². The first-order valence-corrected chi connectivity index (χ1v) is 7.59. The first kappa shape index (κ1) is 14.4. The van der Waals surface area contributed by atoms with Crippen LogP contribution in [0.4, 0.5) is 8.78 Å². The van der Waals surface area contributed by atoms with Crippen LogP contribution in [-0.4, -0.2) is 25.0 Å². The number of halogens is 2. The van der Waals surface area contributed by atoms with Crippen molar-refractivity contribution in [2.45, 2.75) is 37.6 Å². The summed E-state index contributed by atoms with van der Waals surface area (Å²) in [6.07, 6.45) is 3.12. The molecule has 1 amide bonds. The lowest BCUT2D eigenvalue weighted by Crippen LogP contribution is -2.27. The maximum Gasteiger partial charge on any atom is 0.220 e. The third-order valence-electron chi connectivity index (χ3n) is 4.45. The molecule has 5 heteroatoms. The predicted octanol–water partition coefficient (Wildman–Crippen LogP) is 2.33. The molecular formula is C16H20F2N2O. The molecule has 2 fully saturated rings. The maximum atomic E-state index is 13.6. The van der Waals surface area contributed by atoms with E-state index in [4.69, 9.17) is 0 Å². The van der Waals surface area contributed by atoms with E-state index in [0.717, 1.165) is 25.9 Å². The van der Waals surface area contributed by atoms with Gasteiger partial charge in [-0.05, 0) is 50.4 Å². The zero-order valence-corrected chi connectivity index (χ0v) is 11.9. The quantitative estimate of drug-likeness (QED) is 0.875. The average Bonchev–Trinajstić information content (AvgIpc) is 2.99. The summed E-state index contributed by atoms with van der Waals surface area (Å²) in [6, 6.07) is 3.77. The Kier molecular flexibility index (Phi) is 4.19. The smallest absolute Gasteiger partial charge is 0.220 e. The molecule has 1 saturated carbocycles. The summed E-state index contributed by atoms with van der Waals surface area (Å²) in [6.45, 7) is 2.02. The molecule has 2 aliphatic rings. The number of amides is 1. The minimum absolute atomic E-state index is 0.00820. The van der Waals surface area contributed by atoms with Crippen LogP contribution in [-0.2, 0) is 4.79 Å². The molecule has 3 atom stereocenters.